The largest absolute Gasteiger partial charge is 0.495 e. The molecular weight excluding hydrogens is 490 g/mol. The average Bonchev–Trinajstić information content (AvgIpc) is 2.83. The van der Waals surface area contributed by atoms with Crippen LogP contribution < -0.4 is 14.4 Å². The normalized spacial score (nSPS) is 12.0. The van der Waals surface area contributed by atoms with Crippen molar-refractivity contribution in [1.82, 2.24) is 10.2 Å². The van der Waals surface area contributed by atoms with Gasteiger partial charge in [-0.05, 0) is 43.0 Å². The van der Waals surface area contributed by atoms with Crippen molar-refractivity contribution < 1.29 is 22.7 Å². The highest BCUT2D eigenvalue weighted by molar-refractivity contribution is 7.92. The first-order valence-electron chi connectivity index (χ1n) is 11.5. The summed E-state index contributed by atoms with van der Waals surface area (Å²) in [5.74, 6) is 0.0186. The van der Waals surface area contributed by atoms with Crippen LogP contribution in [0.5, 0.6) is 5.75 Å². The lowest BCUT2D eigenvalue weighted by molar-refractivity contribution is -0.140. The number of rotatable bonds is 13. The van der Waals surface area contributed by atoms with Gasteiger partial charge in [-0.1, -0.05) is 48.9 Å². The lowest BCUT2D eigenvalue weighted by Crippen LogP contribution is -2.49. The van der Waals surface area contributed by atoms with Gasteiger partial charge in [-0.15, -0.1) is 0 Å². The summed E-state index contributed by atoms with van der Waals surface area (Å²) >= 11 is 6.18. The molecular formula is C25H34ClN3O5S. The highest BCUT2D eigenvalue weighted by atomic mass is 35.5. The summed E-state index contributed by atoms with van der Waals surface area (Å²) in [6, 6.07) is 13.9. The molecule has 0 aliphatic heterocycles. The summed E-state index contributed by atoms with van der Waals surface area (Å²) < 4.78 is 31.3. The summed E-state index contributed by atoms with van der Waals surface area (Å²) in [6.45, 7) is 2.34. The molecule has 2 rings (SSSR count). The van der Waals surface area contributed by atoms with E-state index in [0.717, 1.165) is 11.8 Å². The zero-order valence-electron chi connectivity index (χ0n) is 20.7. The van der Waals surface area contributed by atoms with E-state index in [1.54, 1.807) is 24.1 Å². The van der Waals surface area contributed by atoms with Gasteiger partial charge >= 0.3 is 0 Å². The number of hydrogen-bond donors (Lipinski definition) is 1. The number of likely N-dealkylation sites (N-methyl/N-ethyl adjacent to an activating group) is 1. The van der Waals surface area contributed by atoms with Crippen LogP contribution in [0.3, 0.4) is 0 Å². The van der Waals surface area contributed by atoms with Crippen molar-refractivity contribution in [2.24, 2.45) is 0 Å². The molecule has 10 heteroatoms. The van der Waals surface area contributed by atoms with Gasteiger partial charge in [0.05, 0.1) is 24.1 Å². The van der Waals surface area contributed by atoms with E-state index >= 15 is 0 Å². The minimum absolute atomic E-state index is 0.0938. The third-order valence-electron chi connectivity index (χ3n) is 5.69. The van der Waals surface area contributed by atoms with E-state index < -0.39 is 16.1 Å². The lowest BCUT2D eigenvalue weighted by Gasteiger charge is -2.30. The number of benzene rings is 2. The van der Waals surface area contributed by atoms with Crippen LogP contribution in [-0.2, 0) is 26.0 Å². The Morgan fingerprint density at radius 1 is 1.11 bits per heavy atom. The molecule has 1 N–H and O–H groups in total. The number of halogens is 1. The van der Waals surface area contributed by atoms with Crippen molar-refractivity contribution in [3.05, 3.63) is 59.1 Å². The predicted molar refractivity (Wildman–Crippen MR) is 139 cm³/mol. The van der Waals surface area contributed by atoms with Crippen LogP contribution in [0.25, 0.3) is 0 Å². The van der Waals surface area contributed by atoms with E-state index in [2.05, 4.69) is 5.32 Å². The molecule has 8 nitrogen and oxygen atoms in total. The fourth-order valence-electron chi connectivity index (χ4n) is 3.88. The minimum Gasteiger partial charge on any atom is -0.495 e. The molecule has 35 heavy (non-hydrogen) atoms. The number of ether oxygens (including phenoxy) is 1. The van der Waals surface area contributed by atoms with Gasteiger partial charge in [-0.3, -0.25) is 13.9 Å². The number of nitrogens with one attached hydrogen (secondary N) is 1. The van der Waals surface area contributed by atoms with Crippen LogP contribution in [0, 0.1) is 0 Å². The molecule has 0 unspecified atom stereocenters. The van der Waals surface area contributed by atoms with E-state index in [4.69, 9.17) is 16.3 Å². The topological polar surface area (TPSA) is 96.0 Å². The third-order valence-corrected chi connectivity index (χ3v) is 7.18. The third kappa shape index (κ3) is 8.14. The molecule has 2 amide bonds. The number of hydrogen-bond acceptors (Lipinski definition) is 5. The Hall–Kier alpha value is -2.78. The molecule has 0 radical (unpaired) electrons. The number of carbonyl (C=O) groups excluding carboxylic acids is 2. The Balaban J connectivity index is 2.14. The van der Waals surface area contributed by atoms with Crippen molar-refractivity contribution in [3.63, 3.8) is 0 Å². The average molecular weight is 524 g/mol. The molecule has 0 fully saturated rings. The first-order chi connectivity index (χ1) is 16.6. The van der Waals surface area contributed by atoms with Crippen molar-refractivity contribution in [3.8, 4) is 5.75 Å². The second-order valence-electron chi connectivity index (χ2n) is 8.12. The predicted octanol–water partition coefficient (Wildman–Crippen LogP) is 3.49. The zero-order valence-corrected chi connectivity index (χ0v) is 22.2. The molecule has 0 aliphatic carbocycles. The monoisotopic (exact) mass is 523 g/mol. The molecule has 2 aromatic carbocycles. The van der Waals surface area contributed by atoms with E-state index in [0.29, 0.717) is 30.8 Å². The molecule has 0 saturated heterocycles. The maximum Gasteiger partial charge on any atom is 0.242 e. The summed E-state index contributed by atoms with van der Waals surface area (Å²) in [7, 11) is -0.583. The SMILES string of the molecule is CC[C@H](C(=O)NC)N(CCc1ccccc1)C(=O)CCCN(c1ccc(OC)c(Cl)c1)S(C)(=O)=O. The summed E-state index contributed by atoms with van der Waals surface area (Å²) in [5, 5.41) is 2.93. The second kappa shape index (κ2) is 13.3. The Labute approximate surface area is 213 Å². The van der Waals surface area contributed by atoms with E-state index in [1.165, 1.54) is 17.5 Å². The van der Waals surface area contributed by atoms with Crippen LogP contribution >= 0.6 is 11.6 Å². The van der Waals surface area contributed by atoms with E-state index in [-0.39, 0.29) is 36.2 Å². The van der Waals surface area contributed by atoms with Gasteiger partial charge in [0.25, 0.3) is 0 Å². The van der Waals surface area contributed by atoms with Crippen LogP contribution in [0.1, 0.15) is 31.7 Å². The molecule has 1 atom stereocenters. The van der Waals surface area contributed by atoms with Crippen LogP contribution in [0.4, 0.5) is 5.69 Å². The molecule has 192 valence electrons. The number of anilines is 1. The highest BCUT2D eigenvalue weighted by Gasteiger charge is 2.28. The number of sulfonamides is 1. The van der Waals surface area contributed by atoms with Gasteiger partial charge in [-0.25, -0.2) is 8.42 Å². The first-order valence-corrected chi connectivity index (χ1v) is 13.7. The summed E-state index contributed by atoms with van der Waals surface area (Å²) in [5.41, 5.74) is 1.46. The highest BCUT2D eigenvalue weighted by Crippen LogP contribution is 2.30. The first kappa shape index (κ1) is 28.5. The maximum absolute atomic E-state index is 13.2. The van der Waals surface area contributed by atoms with Crippen molar-refractivity contribution in [2.75, 3.05) is 37.8 Å². The Morgan fingerprint density at radius 3 is 2.34 bits per heavy atom. The van der Waals surface area contributed by atoms with Gasteiger partial charge in [0.2, 0.25) is 21.8 Å². The Kier molecular flexibility index (Phi) is 10.9. The second-order valence-corrected chi connectivity index (χ2v) is 10.4. The number of carbonyl (C=O) groups is 2. The number of amides is 2. The van der Waals surface area contributed by atoms with Crippen LogP contribution in [-0.4, -0.2) is 64.7 Å². The van der Waals surface area contributed by atoms with Crippen molar-refractivity contribution in [2.45, 2.75) is 38.6 Å². The molecule has 0 aliphatic rings. The van der Waals surface area contributed by atoms with E-state index in [9.17, 15) is 18.0 Å². The Morgan fingerprint density at radius 2 is 1.80 bits per heavy atom. The molecule has 0 bridgehead atoms. The fourth-order valence-corrected chi connectivity index (χ4v) is 5.09. The van der Waals surface area contributed by atoms with Crippen LogP contribution in [0.2, 0.25) is 5.02 Å². The molecule has 0 saturated carbocycles. The Bertz CT molecular complexity index is 1100. The quantitative estimate of drug-likeness (QED) is 0.433. The molecule has 0 aromatic heterocycles. The van der Waals surface area contributed by atoms with Gasteiger partial charge < -0.3 is 15.0 Å². The van der Waals surface area contributed by atoms with E-state index in [1.807, 2.05) is 37.3 Å². The zero-order chi connectivity index (χ0) is 26.0. The number of methoxy groups -OCH3 is 1. The van der Waals surface area contributed by atoms with Gasteiger partial charge in [0, 0.05) is 26.6 Å². The molecule has 0 heterocycles. The molecule has 0 spiro atoms. The fraction of sp³-hybridized carbons (Fsp3) is 0.440. The summed E-state index contributed by atoms with van der Waals surface area (Å²) in [6.07, 6.45) is 2.57. The van der Waals surface area contributed by atoms with Crippen molar-refractivity contribution >= 4 is 39.1 Å². The maximum atomic E-state index is 13.2. The van der Waals surface area contributed by atoms with Crippen molar-refractivity contribution in [1.29, 1.82) is 0 Å². The van der Waals surface area contributed by atoms with Gasteiger partial charge in [0.1, 0.15) is 11.8 Å². The lowest BCUT2D eigenvalue weighted by atomic mass is 10.1. The summed E-state index contributed by atoms with van der Waals surface area (Å²) in [4.78, 5) is 27.3. The smallest absolute Gasteiger partial charge is 0.242 e. The van der Waals surface area contributed by atoms with Gasteiger partial charge in [-0.2, -0.15) is 0 Å². The molecule has 2 aromatic rings. The van der Waals surface area contributed by atoms with Gasteiger partial charge in [0.15, 0.2) is 0 Å². The standard InChI is InChI=1S/C25H34ClN3O5S/c1-5-22(25(31)27-2)28(17-15-19-10-7-6-8-11-19)24(30)12-9-16-29(35(4,32)33)20-13-14-23(34-3)21(26)18-20/h6-8,10-11,13-14,18,22H,5,9,12,15-17H2,1-4H3,(H,27,31)/t22-/m1/s1. The minimum atomic E-state index is -3.61. The number of nitrogens with zero attached hydrogens (tertiary/aromatic N) is 2. The van der Waals surface area contributed by atoms with Crippen LogP contribution in [0.15, 0.2) is 48.5 Å².